The Morgan fingerprint density at radius 3 is 3.15 bits per heavy atom. The molecular weight excluding hydrogens is 164 g/mol. The van der Waals surface area contributed by atoms with Crippen LogP contribution in [0.5, 0.6) is 0 Å². The van der Waals surface area contributed by atoms with Crippen molar-refractivity contribution in [3.8, 4) is 0 Å². The van der Waals surface area contributed by atoms with Gasteiger partial charge in [0.15, 0.2) is 6.29 Å². The minimum Gasteiger partial charge on any atom is -0.353 e. The molecule has 1 atom stereocenters. The molecule has 1 heterocycles. The van der Waals surface area contributed by atoms with Gasteiger partial charge >= 0.3 is 0 Å². The lowest BCUT2D eigenvalue weighted by molar-refractivity contribution is -0.162. The largest absolute Gasteiger partial charge is 0.353 e. The van der Waals surface area contributed by atoms with Crippen molar-refractivity contribution in [2.45, 2.75) is 38.4 Å². The number of ether oxygens (including phenoxy) is 2. The third-order valence-electron chi connectivity index (χ3n) is 2.08. The first-order valence-corrected chi connectivity index (χ1v) is 5.01. The topological polar surface area (TPSA) is 18.5 Å². The van der Waals surface area contributed by atoms with Gasteiger partial charge in [-0.05, 0) is 38.2 Å². The maximum Gasteiger partial charge on any atom is 0.157 e. The molecule has 1 saturated heterocycles. The molecule has 74 valence electrons. The molecule has 0 bridgehead atoms. The number of hydrogen-bond donors (Lipinski definition) is 0. The summed E-state index contributed by atoms with van der Waals surface area (Å²) >= 11 is 0. The standard InChI is InChI=1S/C11H18O2/c1-2-3-4-6-9-12-11-8-5-7-10-13-11/h3,11H,1,4-10H2. The van der Waals surface area contributed by atoms with Crippen molar-refractivity contribution < 1.29 is 9.47 Å². The summed E-state index contributed by atoms with van der Waals surface area (Å²) in [6.45, 7) is 5.14. The lowest BCUT2D eigenvalue weighted by Crippen LogP contribution is -2.22. The minimum absolute atomic E-state index is 0.0569. The van der Waals surface area contributed by atoms with Crippen LogP contribution in [-0.4, -0.2) is 19.5 Å². The molecule has 1 unspecified atom stereocenters. The van der Waals surface area contributed by atoms with Crippen LogP contribution in [0.1, 0.15) is 32.1 Å². The van der Waals surface area contributed by atoms with Crippen LogP contribution in [0.2, 0.25) is 0 Å². The van der Waals surface area contributed by atoms with Crippen molar-refractivity contribution >= 4 is 0 Å². The van der Waals surface area contributed by atoms with Crippen molar-refractivity contribution in [3.05, 3.63) is 18.4 Å². The highest BCUT2D eigenvalue weighted by Gasteiger charge is 2.12. The Hall–Kier alpha value is -0.560. The van der Waals surface area contributed by atoms with Crippen molar-refractivity contribution in [1.82, 2.24) is 0 Å². The smallest absolute Gasteiger partial charge is 0.157 e. The Morgan fingerprint density at radius 1 is 1.54 bits per heavy atom. The number of hydrogen-bond acceptors (Lipinski definition) is 2. The van der Waals surface area contributed by atoms with E-state index in [4.69, 9.17) is 9.47 Å². The first-order chi connectivity index (χ1) is 6.43. The molecule has 1 fully saturated rings. The zero-order valence-corrected chi connectivity index (χ0v) is 8.13. The fourth-order valence-electron chi connectivity index (χ4n) is 1.34. The third-order valence-corrected chi connectivity index (χ3v) is 2.08. The molecule has 13 heavy (non-hydrogen) atoms. The summed E-state index contributed by atoms with van der Waals surface area (Å²) in [5.41, 5.74) is 2.74. The molecule has 0 radical (unpaired) electrons. The molecule has 0 N–H and O–H groups in total. The predicted octanol–water partition coefficient (Wildman–Crippen LogP) is 2.65. The van der Waals surface area contributed by atoms with Gasteiger partial charge < -0.3 is 9.47 Å². The second-order valence-corrected chi connectivity index (χ2v) is 3.22. The second-order valence-electron chi connectivity index (χ2n) is 3.22. The van der Waals surface area contributed by atoms with Gasteiger partial charge in [0.25, 0.3) is 0 Å². The lowest BCUT2D eigenvalue weighted by atomic mass is 10.2. The van der Waals surface area contributed by atoms with Crippen LogP contribution in [0.15, 0.2) is 18.4 Å². The number of rotatable bonds is 5. The molecule has 2 nitrogen and oxygen atoms in total. The molecule has 1 aliphatic rings. The van der Waals surface area contributed by atoms with Gasteiger partial charge in [0.2, 0.25) is 0 Å². The quantitative estimate of drug-likeness (QED) is 0.480. The summed E-state index contributed by atoms with van der Waals surface area (Å²) in [5.74, 6) is 0. The molecular formula is C11H18O2. The van der Waals surface area contributed by atoms with E-state index in [0.29, 0.717) is 0 Å². The van der Waals surface area contributed by atoms with Crippen LogP contribution in [-0.2, 0) is 9.47 Å². The number of allylic oxidation sites excluding steroid dienone is 1. The van der Waals surface area contributed by atoms with Crippen LogP contribution in [0.3, 0.4) is 0 Å². The van der Waals surface area contributed by atoms with Gasteiger partial charge in [-0.3, -0.25) is 0 Å². The summed E-state index contributed by atoms with van der Waals surface area (Å²) in [4.78, 5) is 0. The van der Waals surface area contributed by atoms with Crippen molar-refractivity contribution in [1.29, 1.82) is 0 Å². The van der Waals surface area contributed by atoms with Gasteiger partial charge in [-0.2, -0.15) is 0 Å². The van der Waals surface area contributed by atoms with Crippen molar-refractivity contribution in [2.24, 2.45) is 0 Å². The van der Waals surface area contributed by atoms with Crippen LogP contribution in [0.25, 0.3) is 0 Å². The summed E-state index contributed by atoms with van der Waals surface area (Å²) in [6.07, 6.45) is 7.48. The highest BCUT2D eigenvalue weighted by molar-refractivity contribution is 4.74. The molecule has 0 aromatic rings. The van der Waals surface area contributed by atoms with Gasteiger partial charge in [-0.25, -0.2) is 0 Å². The Bertz CT molecular complexity index is 165. The highest BCUT2D eigenvalue weighted by Crippen LogP contribution is 2.13. The van der Waals surface area contributed by atoms with E-state index in [1.54, 1.807) is 0 Å². The second kappa shape index (κ2) is 6.90. The van der Waals surface area contributed by atoms with Crippen LogP contribution < -0.4 is 0 Å². The van der Waals surface area contributed by atoms with E-state index < -0.39 is 0 Å². The zero-order valence-electron chi connectivity index (χ0n) is 8.13. The van der Waals surface area contributed by atoms with E-state index in [0.717, 1.165) is 32.5 Å². The minimum atomic E-state index is 0.0569. The SMILES string of the molecule is C=C=CCCCOC1CCCCO1. The van der Waals surface area contributed by atoms with E-state index in [-0.39, 0.29) is 6.29 Å². The van der Waals surface area contributed by atoms with E-state index >= 15 is 0 Å². The van der Waals surface area contributed by atoms with Gasteiger partial charge in [-0.15, -0.1) is 5.73 Å². The fourth-order valence-corrected chi connectivity index (χ4v) is 1.34. The number of unbranched alkanes of at least 4 members (excludes halogenated alkanes) is 1. The molecule has 1 rings (SSSR count). The average Bonchev–Trinajstić information content (AvgIpc) is 2.19. The fraction of sp³-hybridized carbons (Fsp3) is 0.727. The summed E-state index contributed by atoms with van der Waals surface area (Å²) in [6, 6.07) is 0. The predicted molar refractivity (Wildman–Crippen MR) is 52.5 cm³/mol. The molecule has 0 saturated carbocycles. The molecule has 0 aromatic carbocycles. The summed E-state index contributed by atoms with van der Waals surface area (Å²) in [7, 11) is 0. The average molecular weight is 182 g/mol. The highest BCUT2D eigenvalue weighted by atomic mass is 16.7. The van der Waals surface area contributed by atoms with Gasteiger partial charge in [0.1, 0.15) is 0 Å². The van der Waals surface area contributed by atoms with E-state index in [1.165, 1.54) is 12.8 Å². The van der Waals surface area contributed by atoms with Crippen LogP contribution >= 0.6 is 0 Å². The first-order valence-electron chi connectivity index (χ1n) is 5.01. The molecule has 2 heteroatoms. The Balaban J connectivity index is 1.94. The maximum atomic E-state index is 5.54. The van der Waals surface area contributed by atoms with Gasteiger partial charge in [0.05, 0.1) is 6.61 Å². The van der Waals surface area contributed by atoms with Gasteiger partial charge in [0, 0.05) is 6.61 Å². The first kappa shape index (κ1) is 10.5. The summed E-state index contributed by atoms with van der Waals surface area (Å²) < 4.78 is 11.0. The lowest BCUT2D eigenvalue weighted by Gasteiger charge is -2.22. The van der Waals surface area contributed by atoms with Crippen LogP contribution in [0, 0.1) is 0 Å². The summed E-state index contributed by atoms with van der Waals surface area (Å²) in [5, 5.41) is 0. The molecule has 1 aliphatic heterocycles. The monoisotopic (exact) mass is 182 g/mol. The van der Waals surface area contributed by atoms with E-state index in [2.05, 4.69) is 12.3 Å². The van der Waals surface area contributed by atoms with Crippen LogP contribution in [0.4, 0.5) is 0 Å². The molecule has 0 amide bonds. The molecule has 0 spiro atoms. The Kier molecular flexibility index (Phi) is 5.59. The Labute approximate surface area is 80.2 Å². The van der Waals surface area contributed by atoms with Crippen molar-refractivity contribution in [3.63, 3.8) is 0 Å². The van der Waals surface area contributed by atoms with Gasteiger partial charge in [-0.1, -0.05) is 6.58 Å². The molecule has 0 aliphatic carbocycles. The van der Waals surface area contributed by atoms with E-state index in [9.17, 15) is 0 Å². The maximum absolute atomic E-state index is 5.54. The third kappa shape index (κ3) is 4.89. The van der Waals surface area contributed by atoms with Crippen molar-refractivity contribution in [2.75, 3.05) is 13.2 Å². The Morgan fingerprint density at radius 2 is 2.46 bits per heavy atom. The molecule has 0 aromatic heterocycles. The normalized spacial score (nSPS) is 22.3. The zero-order chi connectivity index (χ0) is 9.36. The van der Waals surface area contributed by atoms with E-state index in [1.807, 2.05) is 6.08 Å².